The van der Waals surface area contributed by atoms with E-state index >= 15 is 0 Å². The molecule has 1 aromatic heterocycles. The number of ether oxygens (including phenoxy) is 1. The van der Waals surface area contributed by atoms with Crippen LogP contribution in [-0.2, 0) is 11.3 Å². The van der Waals surface area contributed by atoms with Crippen LogP contribution < -0.4 is 10.3 Å². The molecule has 0 aliphatic carbocycles. The smallest absolute Gasteiger partial charge is 0.328 e. The van der Waals surface area contributed by atoms with Crippen LogP contribution in [0.15, 0.2) is 59.5 Å². The monoisotopic (exact) mass is 285 g/mol. The summed E-state index contributed by atoms with van der Waals surface area (Å²) in [7, 11) is 0. The molecular formula is C16H15NO4. The predicted molar refractivity (Wildman–Crippen MR) is 79.3 cm³/mol. The highest BCUT2D eigenvalue weighted by Crippen LogP contribution is 2.13. The zero-order chi connectivity index (χ0) is 15.1. The molecule has 0 unspecified atom stereocenters. The van der Waals surface area contributed by atoms with Crippen LogP contribution in [0.25, 0.3) is 6.08 Å². The molecule has 2 rings (SSSR count). The summed E-state index contributed by atoms with van der Waals surface area (Å²) in [4.78, 5) is 21.9. The summed E-state index contributed by atoms with van der Waals surface area (Å²) in [6, 6.07) is 12.1. The third-order valence-electron chi connectivity index (χ3n) is 2.80. The number of aliphatic carboxylic acids is 1. The normalized spacial score (nSPS) is 10.7. The topological polar surface area (TPSA) is 68.5 Å². The molecule has 1 aromatic carbocycles. The maximum atomic E-state index is 11.5. The van der Waals surface area contributed by atoms with E-state index in [0.717, 1.165) is 11.6 Å². The minimum absolute atomic E-state index is 0.0599. The Balaban J connectivity index is 1.88. The molecule has 0 atom stereocenters. The first-order valence-electron chi connectivity index (χ1n) is 6.44. The van der Waals surface area contributed by atoms with E-state index in [1.165, 1.54) is 12.1 Å². The van der Waals surface area contributed by atoms with Gasteiger partial charge < -0.3 is 14.4 Å². The van der Waals surface area contributed by atoms with E-state index < -0.39 is 5.97 Å². The van der Waals surface area contributed by atoms with E-state index in [2.05, 4.69) is 0 Å². The summed E-state index contributed by atoms with van der Waals surface area (Å²) in [6.45, 7) is 0.856. The summed E-state index contributed by atoms with van der Waals surface area (Å²) >= 11 is 0. The third-order valence-corrected chi connectivity index (χ3v) is 2.80. The van der Waals surface area contributed by atoms with E-state index in [1.54, 1.807) is 47.2 Å². The summed E-state index contributed by atoms with van der Waals surface area (Å²) in [5.74, 6) is -0.310. The fraction of sp³-hybridized carbons (Fsp3) is 0.125. The second-order valence-corrected chi connectivity index (χ2v) is 4.32. The number of carboxylic acid groups (broad SMARTS) is 1. The standard InChI is InChI=1S/C16H15NO4/c18-15-3-1-2-10-17(15)11-12-21-14-7-4-13(5-8-14)6-9-16(19)20/h1-10H,11-12H2,(H,19,20). The van der Waals surface area contributed by atoms with Crippen molar-refractivity contribution in [1.29, 1.82) is 0 Å². The molecule has 1 heterocycles. The van der Waals surface area contributed by atoms with Gasteiger partial charge in [0.25, 0.3) is 5.56 Å². The van der Waals surface area contributed by atoms with Crippen molar-refractivity contribution in [2.75, 3.05) is 6.61 Å². The van der Waals surface area contributed by atoms with Crippen LogP contribution in [-0.4, -0.2) is 22.2 Å². The van der Waals surface area contributed by atoms with Gasteiger partial charge in [-0.2, -0.15) is 0 Å². The van der Waals surface area contributed by atoms with E-state index in [1.807, 2.05) is 0 Å². The Bertz CT molecular complexity index is 686. The highest BCUT2D eigenvalue weighted by atomic mass is 16.5. The van der Waals surface area contributed by atoms with Crippen molar-refractivity contribution in [2.24, 2.45) is 0 Å². The minimum atomic E-state index is -0.983. The molecule has 0 saturated heterocycles. The van der Waals surface area contributed by atoms with Gasteiger partial charge in [-0.1, -0.05) is 18.2 Å². The molecule has 0 aliphatic rings. The molecule has 5 heteroatoms. The Hall–Kier alpha value is -2.82. The van der Waals surface area contributed by atoms with E-state index in [9.17, 15) is 9.59 Å². The quantitative estimate of drug-likeness (QED) is 0.824. The summed E-state index contributed by atoms with van der Waals surface area (Å²) in [5.41, 5.74) is 0.722. The number of benzene rings is 1. The van der Waals surface area contributed by atoms with Gasteiger partial charge in [-0.05, 0) is 29.8 Å². The minimum Gasteiger partial charge on any atom is -0.492 e. The van der Waals surface area contributed by atoms with Crippen molar-refractivity contribution in [3.63, 3.8) is 0 Å². The van der Waals surface area contributed by atoms with Gasteiger partial charge in [-0.25, -0.2) is 4.79 Å². The van der Waals surface area contributed by atoms with Gasteiger partial charge in [-0.3, -0.25) is 4.79 Å². The lowest BCUT2D eigenvalue weighted by molar-refractivity contribution is -0.131. The second kappa shape index (κ2) is 7.09. The number of hydrogen-bond donors (Lipinski definition) is 1. The van der Waals surface area contributed by atoms with Crippen LogP contribution in [0.5, 0.6) is 5.75 Å². The Morgan fingerprint density at radius 2 is 1.95 bits per heavy atom. The first-order chi connectivity index (χ1) is 10.1. The fourth-order valence-electron chi connectivity index (χ4n) is 1.75. The molecule has 0 bridgehead atoms. The van der Waals surface area contributed by atoms with E-state index in [-0.39, 0.29) is 5.56 Å². The van der Waals surface area contributed by atoms with Crippen molar-refractivity contribution in [1.82, 2.24) is 4.57 Å². The molecule has 0 aliphatic heterocycles. The SMILES string of the molecule is O=C(O)C=Cc1ccc(OCCn2ccccc2=O)cc1. The number of carboxylic acids is 1. The predicted octanol–water partition coefficient (Wildman–Crippen LogP) is 2.03. The molecular weight excluding hydrogens is 270 g/mol. The van der Waals surface area contributed by atoms with Crippen LogP contribution >= 0.6 is 0 Å². The Kier molecular flexibility index (Phi) is 4.93. The molecule has 0 amide bonds. The summed E-state index contributed by atoms with van der Waals surface area (Å²) < 4.78 is 7.12. The number of hydrogen-bond acceptors (Lipinski definition) is 3. The third kappa shape index (κ3) is 4.65. The van der Waals surface area contributed by atoms with Crippen molar-refractivity contribution in [3.8, 4) is 5.75 Å². The van der Waals surface area contributed by atoms with Gasteiger partial charge in [0.05, 0.1) is 6.54 Å². The summed E-state index contributed by atoms with van der Waals surface area (Å²) in [5, 5.41) is 8.54. The van der Waals surface area contributed by atoms with Gasteiger partial charge in [0, 0.05) is 18.3 Å². The van der Waals surface area contributed by atoms with Crippen molar-refractivity contribution in [2.45, 2.75) is 6.54 Å². The van der Waals surface area contributed by atoms with Crippen molar-refractivity contribution < 1.29 is 14.6 Å². The number of rotatable bonds is 6. The average molecular weight is 285 g/mol. The highest BCUT2D eigenvalue weighted by molar-refractivity contribution is 5.85. The van der Waals surface area contributed by atoms with Gasteiger partial charge in [0.15, 0.2) is 0 Å². The lowest BCUT2D eigenvalue weighted by atomic mass is 10.2. The molecule has 108 valence electrons. The van der Waals surface area contributed by atoms with Gasteiger partial charge >= 0.3 is 5.97 Å². The van der Waals surface area contributed by atoms with Crippen LogP contribution in [0.1, 0.15) is 5.56 Å². The van der Waals surface area contributed by atoms with E-state index in [0.29, 0.717) is 18.9 Å². The first kappa shape index (κ1) is 14.6. The average Bonchev–Trinajstić information content (AvgIpc) is 2.48. The molecule has 2 aromatic rings. The van der Waals surface area contributed by atoms with Gasteiger partial charge in [0.1, 0.15) is 12.4 Å². The Morgan fingerprint density at radius 1 is 1.19 bits per heavy atom. The van der Waals surface area contributed by atoms with Crippen molar-refractivity contribution in [3.05, 3.63) is 70.7 Å². The Labute approximate surface area is 121 Å². The lowest BCUT2D eigenvalue weighted by Crippen LogP contribution is -2.21. The molecule has 21 heavy (non-hydrogen) atoms. The van der Waals surface area contributed by atoms with Crippen LogP contribution in [0.4, 0.5) is 0 Å². The lowest BCUT2D eigenvalue weighted by Gasteiger charge is -2.08. The zero-order valence-electron chi connectivity index (χ0n) is 11.3. The Morgan fingerprint density at radius 3 is 2.62 bits per heavy atom. The van der Waals surface area contributed by atoms with Crippen LogP contribution in [0, 0.1) is 0 Å². The highest BCUT2D eigenvalue weighted by Gasteiger charge is 1.97. The van der Waals surface area contributed by atoms with Crippen LogP contribution in [0.3, 0.4) is 0 Å². The van der Waals surface area contributed by atoms with E-state index in [4.69, 9.17) is 9.84 Å². The second-order valence-electron chi connectivity index (χ2n) is 4.32. The molecule has 0 saturated carbocycles. The number of pyridine rings is 1. The molecule has 0 spiro atoms. The summed E-state index contributed by atoms with van der Waals surface area (Å²) in [6.07, 6.45) is 4.30. The molecule has 0 fully saturated rings. The largest absolute Gasteiger partial charge is 0.492 e. The maximum Gasteiger partial charge on any atom is 0.328 e. The van der Waals surface area contributed by atoms with Crippen LogP contribution in [0.2, 0.25) is 0 Å². The van der Waals surface area contributed by atoms with Crippen molar-refractivity contribution >= 4 is 12.0 Å². The number of aromatic nitrogens is 1. The number of carbonyl (C=O) groups is 1. The molecule has 1 N–H and O–H groups in total. The van der Waals surface area contributed by atoms with Gasteiger partial charge in [0.2, 0.25) is 0 Å². The molecule has 0 radical (unpaired) electrons. The van der Waals surface area contributed by atoms with Gasteiger partial charge in [-0.15, -0.1) is 0 Å². The molecule has 5 nitrogen and oxygen atoms in total. The first-order valence-corrected chi connectivity index (χ1v) is 6.44. The zero-order valence-corrected chi connectivity index (χ0v) is 11.3. The number of nitrogens with zero attached hydrogens (tertiary/aromatic N) is 1. The maximum absolute atomic E-state index is 11.5. The fourth-order valence-corrected chi connectivity index (χ4v) is 1.75.